The number of carbonyl (C=O) groups excluding carboxylic acids is 1. The minimum absolute atomic E-state index is 0.0578. The smallest absolute Gasteiger partial charge is 0.401 e. The molecule has 134 valence electrons. The molecule has 1 saturated heterocycles. The molecule has 1 aliphatic rings. The Bertz CT molecular complexity index is 541. The Morgan fingerprint density at radius 1 is 1.29 bits per heavy atom. The zero-order valence-corrected chi connectivity index (χ0v) is 13.7. The van der Waals surface area contributed by atoms with E-state index in [1.54, 1.807) is 6.07 Å². The number of carbonyl (C=O) groups is 1. The summed E-state index contributed by atoms with van der Waals surface area (Å²) in [7, 11) is 0. The zero-order chi connectivity index (χ0) is 17.6. The van der Waals surface area contributed by atoms with Crippen LogP contribution in [-0.2, 0) is 4.79 Å². The van der Waals surface area contributed by atoms with Gasteiger partial charge in [0, 0.05) is 6.54 Å². The molecule has 0 bridgehead atoms. The number of nitrogens with one attached hydrogen (secondary N) is 1. The molecule has 7 heteroatoms. The van der Waals surface area contributed by atoms with Crippen molar-refractivity contribution in [2.75, 3.05) is 32.8 Å². The third kappa shape index (κ3) is 6.39. The summed E-state index contributed by atoms with van der Waals surface area (Å²) in [5.74, 6) is 0.681. The molecule has 1 N–H and O–H groups in total. The molecular weight excluding hydrogens is 321 g/mol. The Kier molecular flexibility index (Phi) is 6.48. The maximum atomic E-state index is 12.3. The lowest BCUT2D eigenvalue weighted by Gasteiger charge is -2.32. The zero-order valence-electron chi connectivity index (χ0n) is 13.7. The first kappa shape index (κ1) is 18.6. The second-order valence-corrected chi connectivity index (χ2v) is 6.19. The van der Waals surface area contributed by atoms with Gasteiger partial charge in [-0.1, -0.05) is 18.2 Å². The average Bonchev–Trinajstić information content (AvgIpc) is 2.52. The van der Waals surface area contributed by atoms with E-state index in [0.717, 1.165) is 5.56 Å². The molecule has 24 heavy (non-hydrogen) atoms. The fourth-order valence-corrected chi connectivity index (χ4v) is 2.77. The van der Waals surface area contributed by atoms with Crippen LogP contribution in [0.25, 0.3) is 0 Å². The summed E-state index contributed by atoms with van der Waals surface area (Å²) in [6.45, 7) is 2.31. The Morgan fingerprint density at radius 3 is 2.58 bits per heavy atom. The van der Waals surface area contributed by atoms with Gasteiger partial charge in [-0.2, -0.15) is 13.2 Å². The predicted molar refractivity (Wildman–Crippen MR) is 84.9 cm³/mol. The highest BCUT2D eigenvalue weighted by atomic mass is 19.4. The third-order valence-electron chi connectivity index (χ3n) is 4.15. The van der Waals surface area contributed by atoms with Gasteiger partial charge in [0.2, 0.25) is 0 Å². The van der Waals surface area contributed by atoms with Crippen molar-refractivity contribution in [3.8, 4) is 5.75 Å². The lowest BCUT2D eigenvalue weighted by atomic mass is 9.97. The highest BCUT2D eigenvalue weighted by Crippen LogP contribution is 2.22. The molecule has 1 amide bonds. The molecule has 0 aromatic heterocycles. The van der Waals surface area contributed by atoms with E-state index in [1.165, 1.54) is 4.90 Å². The van der Waals surface area contributed by atoms with Gasteiger partial charge >= 0.3 is 6.18 Å². The van der Waals surface area contributed by atoms with E-state index in [9.17, 15) is 18.0 Å². The molecule has 0 aliphatic carbocycles. The van der Waals surface area contributed by atoms with E-state index >= 15 is 0 Å². The number of benzene rings is 1. The Balaban J connectivity index is 1.64. The monoisotopic (exact) mass is 344 g/mol. The molecule has 0 spiro atoms. The van der Waals surface area contributed by atoms with E-state index in [0.29, 0.717) is 38.2 Å². The van der Waals surface area contributed by atoms with Crippen molar-refractivity contribution in [2.24, 2.45) is 5.92 Å². The Hall–Kier alpha value is -1.76. The largest absolute Gasteiger partial charge is 0.484 e. The number of likely N-dealkylation sites (tertiary alicyclic amines) is 1. The second kappa shape index (κ2) is 8.37. The minimum Gasteiger partial charge on any atom is -0.484 e. The first-order valence-corrected chi connectivity index (χ1v) is 8.08. The molecule has 0 radical (unpaired) electrons. The van der Waals surface area contributed by atoms with Crippen molar-refractivity contribution in [1.82, 2.24) is 10.2 Å². The number of aryl methyl sites for hydroxylation is 1. The number of halogens is 3. The van der Waals surface area contributed by atoms with Crippen LogP contribution < -0.4 is 10.1 Å². The average molecular weight is 344 g/mol. The van der Waals surface area contributed by atoms with Crippen LogP contribution in [-0.4, -0.2) is 49.8 Å². The van der Waals surface area contributed by atoms with Crippen LogP contribution in [0.4, 0.5) is 13.2 Å². The normalized spacial score (nSPS) is 16.8. The summed E-state index contributed by atoms with van der Waals surface area (Å²) in [5.41, 5.74) is 0.960. The minimum atomic E-state index is -4.14. The van der Waals surface area contributed by atoms with Crippen LogP contribution in [0.5, 0.6) is 5.75 Å². The Morgan fingerprint density at radius 2 is 1.96 bits per heavy atom. The topological polar surface area (TPSA) is 41.6 Å². The van der Waals surface area contributed by atoms with Crippen molar-refractivity contribution < 1.29 is 22.7 Å². The van der Waals surface area contributed by atoms with Gasteiger partial charge in [0.05, 0.1) is 6.54 Å². The lowest BCUT2D eigenvalue weighted by Crippen LogP contribution is -2.43. The van der Waals surface area contributed by atoms with E-state index in [-0.39, 0.29) is 18.4 Å². The van der Waals surface area contributed by atoms with Crippen molar-refractivity contribution in [1.29, 1.82) is 0 Å². The molecule has 1 aliphatic heterocycles. The highest BCUT2D eigenvalue weighted by Gasteiger charge is 2.32. The summed E-state index contributed by atoms with van der Waals surface area (Å²) >= 11 is 0. The maximum absolute atomic E-state index is 12.3. The van der Waals surface area contributed by atoms with Crippen molar-refractivity contribution in [3.63, 3.8) is 0 Å². The number of hydrogen-bond acceptors (Lipinski definition) is 3. The molecule has 0 saturated carbocycles. The van der Waals surface area contributed by atoms with Gasteiger partial charge in [0.1, 0.15) is 5.75 Å². The first-order chi connectivity index (χ1) is 11.3. The maximum Gasteiger partial charge on any atom is 0.401 e. The van der Waals surface area contributed by atoms with Crippen LogP contribution in [0.3, 0.4) is 0 Å². The number of ether oxygens (including phenoxy) is 1. The van der Waals surface area contributed by atoms with E-state index < -0.39 is 12.7 Å². The van der Waals surface area contributed by atoms with Crippen LogP contribution in [0, 0.1) is 12.8 Å². The van der Waals surface area contributed by atoms with Crippen molar-refractivity contribution in [2.45, 2.75) is 25.9 Å². The standard InChI is InChI=1S/C17H23F3N2O2/c1-13-4-2-3-5-15(13)24-11-16(23)21-10-14-6-8-22(9-7-14)12-17(18,19)20/h2-5,14H,6-12H2,1H3,(H,21,23). The van der Waals surface area contributed by atoms with Gasteiger partial charge in [-0.15, -0.1) is 0 Å². The second-order valence-electron chi connectivity index (χ2n) is 6.19. The molecule has 1 aromatic rings. The van der Waals surface area contributed by atoms with Crippen LogP contribution in [0.1, 0.15) is 18.4 Å². The number of para-hydroxylation sites is 1. The molecule has 1 heterocycles. The number of hydrogen-bond donors (Lipinski definition) is 1. The summed E-state index contributed by atoms with van der Waals surface area (Å²) in [6, 6.07) is 7.45. The van der Waals surface area contributed by atoms with Gasteiger partial charge in [-0.25, -0.2) is 0 Å². The number of rotatable bonds is 6. The van der Waals surface area contributed by atoms with Gasteiger partial charge in [-0.05, 0) is 50.4 Å². The number of piperidine rings is 1. The van der Waals surface area contributed by atoms with Gasteiger partial charge in [-0.3, -0.25) is 9.69 Å². The van der Waals surface area contributed by atoms with Crippen LogP contribution in [0.15, 0.2) is 24.3 Å². The third-order valence-corrected chi connectivity index (χ3v) is 4.15. The fraction of sp³-hybridized carbons (Fsp3) is 0.588. The van der Waals surface area contributed by atoms with Crippen LogP contribution in [0.2, 0.25) is 0 Å². The number of nitrogens with zero attached hydrogens (tertiary/aromatic N) is 1. The number of amides is 1. The predicted octanol–water partition coefficient (Wildman–Crippen LogP) is 2.76. The number of alkyl halides is 3. The van der Waals surface area contributed by atoms with E-state index in [4.69, 9.17) is 4.74 Å². The van der Waals surface area contributed by atoms with Gasteiger partial charge in [0.25, 0.3) is 5.91 Å². The molecule has 0 unspecified atom stereocenters. The van der Waals surface area contributed by atoms with Crippen molar-refractivity contribution >= 4 is 5.91 Å². The summed E-state index contributed by atoms with van der Waals surface area (Å²) < 4.78 is 42.5. The quantitative estimate of drug-likeness (QED) is 0.863. The molecule has 2 rings (SSSR count). The SMILES string of the molecule is Cc1ccccc1OCC(=O)NCC1CCN(CC(F)(F)F)CC1. The van der Waals surface area contributed by atoms with Crippen molar-refractivity contribution in [3.05, 3.63) is 29.8 Å². The molecular formula is C17H23F3N2O2. The highest BCUT2D eigenvalue weighted by molar-refractivity contribution is 5.77. The molecule has 1 aromatic carbocycles. The molecule has 1 fully saturated rings. The summed E-state index contributed by atoms with van der Waals surface area (Å²) in [4.78, 5) is 13.2. The first-order valence-electron chi connectivity index (χ1n) is 8.08. The summed E-state index contributed by atoms with van der Waals surface area (Å²) in [5, 5.41) is 2.80. The molecule has 4 nitrogen and oxygen atoms in total. The van der Waals surface area contributed by atoms with Gasteiger partial charge < -0.3 is 10.1 Å². The fourth-order valence-electron chi connectivity index (χ4n) is 2.77. The van der Waals surface area contributed by atoms with Gasteiger partial charge in [0.15, 0.2) is 6.61 Å². The Labute approximate surface area is 140 Å². The van der Waals surface area contributed by atoms with E-state index in [2.05, 4.69) is 5.32 Å². The lowest BCUT2D eigenvalue weighted by molar-refractivity contribution is -0.148. The molecule has 0 atom stereocenters. The summed E-state index contributed by atoms with van der Waals surface area (Å²) in [6.07, 6.45) is -2.82. The van der Waals surface area contributed by atoms with E-state index in [1.807, 2.05) is 25.1 Å². The van der Waals surface area contributed by atoms with Crippen LogP contribution >= 0.6 is 0 Å².